The molecule has 0 aliphatic rings. The van der Waals surface area contributed by atoms with Crippen LogP contribution >= 0.6 is 0 Å². The van der Waals surface area contributed by atoms with Gasteiger partial charge >= 0.3 is 0 Å². The van der Waals surface area contributed by atoms with Crippen LogP contribution in [0.15, 0.2) is 18.2 Å². The first-order valence-corrected chi connectivity index (χ1v) is 6.74. The minimum Gasteiger partial charge on any atom is -0.345 e. The Bertz CT molecular complexity index is 463. The van der Waals surface area contributed by atoms with Crippen molar-refractivity contribution in [1.29, 1.82) is 0 Å². The van der Waals surface area contributed by atoms with Gasteiger partial charge in [-0.2, -0.15) is 0 Å². The summed E-state index contributed by atoms with van der Waals surface area (Å²) in [6, 6.07) is 3.28. The molecule has 0 fully saturated rings. The summed E-state index contributed by atoms with van der Waals surface area (Å²) in [5, 5.41) is 0. The fourth-order valence-corrected chi connectivity index (χ4v) is 1.76. The second kappa shape index (κ2) is 7.33. The second-order valence-corrected chi connectivity index (χ2v) is 5.42. The maximum Gasteiger partial charge on any atom is 0.226 e. The molecular weight excluding hydrogens is 262 g/mol. The number of hydrogen-bond donors (Lipinski definition) is 1. The van der Waals surface area contributed by atoms with Gasteiger partial charge in [0.2, 0.25) is 5.91 Å². The van der Waals surface area contributed by atoms with E-state index in [1.807, 2.05) is 13.8 Å². The van der Waals surface area contributed by atoms with Crippen molar-refractivity contribution in [2.75, 3.05) is 13.6 Å². The molecule has 0 aliphatic heterocycles. The minimum absolute atomic E-state index is 0.0350. The normalized spacial score (nSPS) is 12.6. The maximum absolute atomic E-state index is 13.5. The van der Waals surface area contributed by atoms with Gasteiger partial charge in [0, 0.05) is 25.7 Å². The summed E-state index contributed by atoms with van der Waals surface area (Å²) in [6.45, 7) is 4.59. The van der Waals surface area contributed by atoms with Gasteiger partial charge in [-0.3, -0.25) is 4.79 Å². The monoisotopic (exact) mass is 284 g/mol. The molecule has 0 aromatic heterocycles. The highest BCUT2D eigenvalue weighted by Gasteiger charge is 2.15. The Morgan fingerprint density at radius 1 is 1.35 bits per heavy atom. The molecule has 1 aromatic carbocycles. The van der Waals surface area contributed by atoms with Crippen LogP contribution in [-0.4, -0.2) is 30.4 Å². The van der Waals surface area contributed by atoms with Crippen LogP contribution in [0.1, 0.15) is 25.8 Å². The van der Waals surface area contributed by atoms with Crippen molar-refractivity contribution < 1.29 is 13.6 Å². The predicted octanol–water partition coefficient (Wildman–Crippen LogP) is 2.34. The number of amides is 1. The molecule has 3 nitrogen and oxygen atoms in total. The van der Waals surface area contributed by atoms with Gasteiger partial charge < -0.3 is 10.6 Å². The predicted molar refractivity (Wildman–Crippen MR) is 75.1 cm³/mol. The molecule has 0 aliphatic carbocycles. The summed E-state index contributed by atoms with van der Waals surface area (Å²) < 4.78 is 26.2. The van der Waals surface area contributed by atoms with Gasteiger partial charge in [0.1, 0.15) is 11.6 Å². The first-order valence-electron chi connectivity index (χ1n) is 6.74. The summed E-state index contributed by atoms with van der Waals surface area (Å²) in [7, 11) is 1.66. The van der Waals surface area contributed by atoms with E-state index in [0.29, 0.717) is 18.9 Å². The second-order valence-electron chi connectivity index (χ2n) is 5.42. The van der Waals surface area contributed by atoms with Gasteiger partial charge in [0.15, 0.2) is 0 Å². The zero-order valence-electron chi connectivity index (χ0n) is 12.2. The smallest absolute Gasteiger partial charge is 0.226 e. The van der Waals surface area contributed by atoms with Crippen LogP contribution in [0.25, 0.3) is 0 Å². The number of benzene rings is 1. The molecule has 112 valence electrons. The van der Waals surface area contributed by atoms with Crippen molar-refractivity contribution in [2.45, 2.75) is 32.7 Å². The van der Waals surface area contributed by atoms with E-state index in [0.717, 1.165) is 12.1 Å². The molecule has 20 heavy (non-hydrogen) atoms. The van der Waals surface area contributed by atoms with Gasteiger partial charge in [-0.1, -0.05) is 19.9 Å². The van der Waals surface area contributed by atoms with Gasteiger partial charge in [0.25, 0.3) is 0 Å². The zero-order valence-corrected chi connectivity index (χ0v) is 12.2. The highest BCUT2D eigenvalue weighted by molar-refractivity contribution is 5.78. The van der Waals surface area contributed by atoms with Crippen molar-refractivity contribution >= 4 is 5.91 Å². The van der Waals surface area contributed by atoms with E-state index in [1.54, 1.807) is 7.05 Å². The van der Waals surface area contributed by atoms with Gasteiger partial charge in [0.05, 0.1) is 6.42 Å². The van der Waals surface area contributed by atoms with E-state index >= 15 is 0 Å². The number of nitrogens with two attached hydrogens (primary N) is 1. The van der Waals surface area contributed by atoms with Gasteiger partial charge in [-0.25, -0.2) is 8.78 Å². The first-order chi connectivity index (χ1) is 9.31. The Kier molecular flexibility index (Phi) is 6.07. The first kappa shape index (κ1) is 16.6. The topological polar surface area (TPSA) is 46.3 Å². The Morgan fingerprint density at radius 3 is 2.55 bits per heavy atom. The van der Waals surface area contributed by atoms with Crippen LogP contribution in [0.5, 0.6) is 0 Å². The third-order valence-electron chi connectivity index (χ3n) is 3.44. The lowest BCUT2D eigenvalue weighted by Gasteiger charge is -2.21. The zero-order chi connectivity index (χ0) is 15.3. The largest absolute Gasteiger partial charge is 0.345 e. The molecule has 0 heterocycles. The SMILES string of the molecule is CC(C)C(N)CCN(C)C(=O)Cc1ccc(F)cc1F. The molecule has 1 unspecified atom stereocenters. The minimum atomic E-state index is -0.689. The number of carbonyl (C=O) groups is 1. The lowest BCUT2D eigenvalue weighted by Crippen LogP contribution is -2.35. The lowest BCUT2D eigenvalue weighted by molar-refractivity contribution is -0.129. The van der Waals surface area contributed by atoms with E-state index < -0.39 is 11.6 Å². The van der Waals surface area contributed by atoms with E-state index in [-0.39, 0.29) is 23.9 Å². The summed E-state index contributed by atoms with van der Waals surface area (Å²) in [6.07, 6.45) is 0.630. The van der Waals surface area contributed by atoms with E-state index in [2.05, 4.69) is 0 Å². The lowest BCUT2D eigenvalue weighted by atomic mass is 10.0. The molecule has 1 amide bonds. The van der Waals surface area contributed by atoms with Crippen molar-refractivity contribution in [3.05, 3.63) is 35.4 Å². The fourth-order valence-electron chi connectivity index (χ4n) is 1.76. The highest BCUT2D eigenvalue weighted by atomic mass is 19.1. The number of nitrogens with zero attached hydrogens (tertiary/aromatic N) is 1. The number of rotatable bonds is 6. The van der Waals surface area contributed by atoms with E-state index in [4.69, 9.17) is 5.73 Å². The Morgan fingerprint density at radius 2 is 2.00 bits per heavy atom. The van der Waals surface area contributed by atoms with E-state index in [1.165, 1.54) is 11.0 Å². The Labute approximate surface area is 118 Å². The molecule has 0 bridgehead atoms. The number of carbonyl (C=O) groups excluding carboxylic acids is 1. The molecule has 1 rings (SSSR count). The summed E-state index contributed by atoms with van der Waals surface area (Å²) in [5.41, 5.74) is 6.12. The van der Waals surface area contributed by atoms with Crippen molar-refractivity contribution in [3.8, 4) is 0 Å². The highest BCUT2D eigenvalue weighted by Crippen LogP contribution is 2.11. The Hall–Kier alpha value is -1.49. The molecule has 0 spiro atoms. The fraction of sp³-hybridized carbons (Fsp3) is 0.533. The number of halogens is 2. The third-order valence-corrected chi connectivity index (χ3v) is 3.44. The van der Waals surface area contributed by atoms with E-state index in [9.17, 15) is 13.6 Å². The molecule has 0 saturated carbocycles. The summed E-state index contributed by atoms with van der Waals surface area (Å²) >= 11 is 0. The van der Waals surface area contributed by atoms with Crippen molar-refractivity contribution in [3.63, 3.8) is 0 Å². The van der Waals surface area contributed by atoms with Crippen molar-refractivity contribution in [1.82, 2.24) is 4.90 Å². The van der Waals surface area contributed by atoms with Crippen LogP contribution in [0.3, 0.4) is 0 Å². The summed E-state index contributed by atoms with van der Waals surface area (Å²) in [4.78, 5) is 13.5. The number of likely N-dealkylation sites (N-methyl/N-ethyl adjacent to an activating group) is 1. The third kappa shape index (κ3) is 4.89. The maximum atomic E-state index is 13.5. The molecule has 1 aromatic rings. The van der Waals surface area contributed by atoms with Crippen LogP contribution in [0, 0.1) is 17.6 Å². The van der Waals surface area contributed by atoms with Crippen LogP contribution in [-0.2, 0) is 11.2 Å². The summed E-state index contributed by atoms with van der Waals surface area (Å²) in [5.74, 6) is -1.18. The standard InChI is InChI=1S/C15H22F2N2O/c1-10(2)14(18)6-7-19(3)15(20)8-11-4-5-12(16)9-13(11)17/h4-5,9-10,14H,6-8,18H2,1-3H3. The molecule has 5 heteroatoms. The average molecular weight is 284 g/mol. The molecule has 1 atom stereocenters. The van der Waals surface area contributed by atoms with Crippen molar-refractivity contribution in [2.24, 2.45) is 11.7 Å². The average Bonchev–Trinajstić information content (AvgIpc) is 2.38. The van der Waals surface area contributed by atoms with Crippen LogP contribution in [0.4, 0.5) is 8.78 Å². The van der Waals surface area contributed by atoms with Crippen LogP contribution in [0.2, 0.25) is 0 Å². The van der Waals surface area contributed by atoms with Gasteiger partial charge in [-0.15, -0.1) is 0 Å². The van der Waals surface area contributed by atoms with Gasteiger partial charge in [-0.05, 0) is 24.0 Å². The Balaban J connectivity index is 2.53. The number of hydrogen-bond acceptors (Lipinski definition) is 2. The molecular formula is C15H22F2N2O. The molecule has 0 saturated heterocycles. The molecule has 0 radical (unpaired) electrons. The molecule has 2 N–H and O–H groups in total. The quantitative estimate of drug-likeness (QED) is 0.871. The van der Waals surface area contributed by atoms with Crippen LogP contribution < -0.4 is 5.73 Å².